The van der Waals surface area contributed by atoms with Crippen molar-refractivity contribution in [2.24, 2.45) is 0 Å². The average Bonchev–Trinajstić information content (AvgIpc) is 2.89. The van der Waals surface area contributed by atoms with Gasteiger partial charge in [0.1, 0.15) is 23.4 Å². The van der Waals surface area contributed by atoms with E-state index in [-0.39, 0.29) is 0 Å². The van der Waals surface area contributed by atoms with E-state index in [0.29, 0.717) is 33.5 Å². The number of anilines is 3. The van der Waals surface area contributed by atoms with Crippen molar-refractivity contribution < 1.29 is 4.52 Å². The Morgan fingerprint density at radius 2 is 2.29 bits per heavy atom. The molecule has 0 bridgehead atoms. The monoisotopic (exact) mass is 250 g/mol. The summed E-state index contributed by atoms with van der Waals surface area (Å²) in [5.41, 5.74) is 7.01. The molecule has 0 atom stereocenters. The zero-order valence-corrected chi connectivity index (χ0v) is 9.19. The highest BCUT2D eigenvalue weighted by atomic mass is 35.5. The SMILES string of the molecule is Nc1nc(Nc2cnoc2)nc2[nH]cc(Cl)c12. The molecule has 7 nitrogen and oxygen atoms in total. The number of nitrogens with two attached hydrogens (primary N) is 1. The smallest absolute Gasteiger partial charge is 0.231 e. The molecule has 0 fully saturated rings. The van der Waals surface area contributed by atoms with Crippen LogP contribution in [0.4, 0.5) is 17.5 Å². The van der Waals surface area contributed by atoms with Crippen molar-refractivity contribution in [1.29, 1.82) is 0 Å². The highest BCUT2D eigenvalue weighted by molar-refractivity contribution is 6.36. The molecule has 0 radical (unpaired) electrons. The van der Waals surface area contributed by atoms with Gasteiger partial charge >= 0.3 is 0 Å². The minimum atomic E-state index is 0.306. The van der Waals surface area contributed by atoms with Gasteiger partial charge in [0.25, 0.3) is 0 Å². The van der Waals surface area contributed by atoms with Gasteiger partial charge in [-0.25, -0.2) is 0 Å². The summed E-state index contributed by atoms with van der Waals surface area (Å²) >= 11 is 5.94. The Morgan fingerprint density at radius 3 is 3.06 bits per heavy atom. The summed E-state index contributed by atoms with van der Waals surface area (Å²) in [6.07, 6.45) is 4.55. The van der Waals surface area contributed by atoms with Crippen LogP contribution in [0.1, 0.15) is 0 Å². The first kappa shape index (κ1) is 9.91. The van der Waals surface area contributed by atoms with Crippen molar-refractivity contribution in [3.05, 3.63) is 23.7 Å². The second kappa shape index (κ2) is 3.63. The first-order valence-corrected chi connectivity index (χ1v) is 5.08. The van der Waals surface area contributed by atoms with Crippen LogP contribution in [0.2, 0.25) is 5.02 Å². The number of nitrogens with zero attached hydrogens (tertiary/aromatic N) is 3. The maximum absolute atomic E-state index is 5.94. The third-order valence-electron chi connectivity index (χ3n) is 2.20. The third-order valence-corrected chi connectivity index (χ3v) is 2.50. The summed E-state index contributed by atoms with van der Waals surface area (Å²) in [5.74, 6) is 0.650. The summed E-state index contributed by atoms with van der Waals surface area (Å²) in [5, 5.41) is 7.57. The highest BCUT2D eigenvalue weighted by Gasteiger charge is 2.10. The number of H-pyrrole nitrogens is 1. The minimum absolute atomic E-state index is 0.306. The number of aromatic amines is 1. The number of hydrogen-bond acceptors (Lipinski definition) is 6. The van der Waals surface area contributed by atoms with Crippen LogP contribution in [0.15, 0.2) is 23.2 Å². The van der Waals surface area contributed by atoms with Crippen molar-refractivity contribution in [2.45, 2.75) is 0 Å². The van der Waals surface area contributed by atoms with Gasteiger partial charge in [-0.15, -0.1) is 0 Å². The molecule has 0 aliphatic heterocycles. The van der Waals surface area contributed by atoms with Crippen LogP contribution < -0.4 is 11.1 Å². The Kier molecular flexibility index (Phi) is 2.12. The third kappa shape index (κ3) is 1.66. The summed E-state index contributed by atoms with van der Waals surface area (Å²) in [6.45, 7) is 0. The summed E-state index contributed by atoms with van der Waals surface area (Å²) < 4.78 is 4.68. The van der Waals surface area contributed by atoms with Gasteiger partial charge in [0, 0.05) is 6.20 Å². The largest absolute Gasteiger partial charge is 0.383 e. The van der Waals surface area contributed by atoms with E-state index in [2.05, 4.69) is 29.9 Å². The summed E-state index contributed by atoms with van der Waals surface area (Å²) in [7, 11) is 0. The minimum Gasteiger partial charge on any atom is -0.383 e. The van der Waals surface area contributed by atoms with Crippen molar-refractivity contribution in [3.8, 4) is 0 Å². The van der Waals surface area contributed by atoms with Crippen LogP contribution in [-0.4, -0.2) is 20.1 Å². The Balaban J connectivity index is 2.07. The zero-order valence-electron chi connectivity index (χ0n) is 8.44. The number of aromatic nitrogens is 4. The molecule has 8 heteroatoms. The van der Waals surface area contributed by atoms with Gasteiger partial charge in [-0.1, -0.05) is 16.8 Å². The van der Waals surface area contributed by atoms with Crippen molar-refractivity contribution in [2.75, 3.05) is 11.1 Å². The van der Waals surface area contributed by atoms with Gasteiger partial charge in [-0.05, 0) is 0 Å². The van der Waals surface area contributed by atoms with E-state index in [4.69, 9.17) is 17.3 Å². The second-order valence-corrected chi connectivity index (χ2v) is 3.74. The summed E-state index contributed by atoms with van der Waals surface area (Å²) in [4.78, 5) is 11.2. The van der Waals surface area contributed by atoms with Crippen LogP contribution >= 0.6 is 11.6 Å². The maximum Gasteiger partial charge on any atom is 0.231 e. The van der Waals surface area contributed by atoms with E-state index in [9.17, 15) is 0 Å². The fraction of sp³-hybridized carbons (Fsp3) is 0. The molecular weight excluding hydrogens is 244 g/mol. The molecule has 86 valence electrons. The fourth-order valence-corrected chi connectivity index (χ4v) is 1.71. The summed E-state index contributed by atoms with van der Waals surface area (Å²) in [6, 6.07) is 0. The number of nitrogen functional groups attached to an aromatic ring is 1. The molecule has 0 saturated carbocycles. The van der Waals surface area contributed by atoms with Gasteiger partial charge in [0.05, 0.1) is 16.6 Å². The molecule has 0 aliphatic rings. The Hall–Kier alpha value is -2.28. The van der Waals surface area contributed by atoms with Crippen LogP contribution in [-0.2, 0) is 0 Å². The van der Waals surface area contributed by atoms with E-state index in [1.807, 2.05) is 0 Å². The molecule has 3 aromatic rings. The lowest BCUT2D eigenvalue weighted by Crippen LogP contribution is -2.00. The molecule has 0 spiro atoms. The van der Waals surface area contributed by atoms with Gasteiger partial charge in [-0.3, -0.25) is 0 Å². The first-order chi connectivity index (χ1) is 8.24. The molecule has 0 amide bonds. The second-order valence-electron chi connectivity index (χ2n) is 3.33. The van der Waals surface area contributed by atoms with Gasteiger partial charge < -0.3 is 20.6 Å². The van der Waals surface area contributed by atoms with Crippen molar-refractivity contribution in [1.82, 2.24) is 20.1 Å². The molecule has 4 N–H and O–H groups in total. The highest BCUT2D eigenvalue weighted by Crippen LogP contribution is 2.27. The molecule has 17 heavy (non-hydrogen) atoms. The Morgan fingerprint density at radius 1 is 1.41 bits per heavy atom. The normalized spacial score (nSPS) is 10.9. The molecule has 0 unspecified atom stereocenters. The predicted octanol–water partition coefficient (Wildman–Crippen LogP) is 1.93. The van der Waals surface area contributed by atoms with Gasteiger partial charge in [0.15, 0.2) is 0 Å². The molecule has 0 saturated heterocycles. The quantitative estimate of drug-likeness (QED) is 0.642. The average molecular weight is 251 g/mol. The van der Waals surface area contributed by atoms with Crippen LogP contribution in [0.25, 0.3) is 11.0 Å². The lowest BCUT2D eigenvalue weighted by molar-refractivity contribution is 0.420. The lowest BCUT2D eigenvalue weighted by atomic mass is 10.4. The molecule has 0 aromatic carbocycles. The van der Waals surface area contributed by atoms with E-state index in [1.54, 1.807) is 6.20 Å². The van der Waals surface area contributed by atoms with E-state index >= 15 is 0 Å². The molecule has 3 heterocycles. The molecule has 3 aromatic heterocycles. The van der Waals surface area contributed by atoms with E-state index < -0.39 is 0 Å². The standard InChI is InChI=1S/C9H7ClN6O/c10-5-2-12-8-6(5)7(11)15-9(16-8)14-4-1-13-17-3-4/h1-3H,(H4,11,12,14,15,16). The molecule has 3 rings (SSSR count). The van der Waals surface area contributed by atoms with Gasteiger partial charge in [-0.2, -0.15) is 9.97 Å². The Bertz CT molecular complexity index is 661. The fourth-order valence-electron chi connectivity index (χ4n) is 1.47. The van der Waals surface area contributed by atoms with Crippen LogP contribution in [0.3, 0.4) is 0 Å². The molecule has 0 aliphatic carbocycles. The zero-order chi connectivity index (χ0) is 11.8. The Labute approximate surface area is 100.0 Å². The number of rotatable bonds is 2. The predicted molar refractivity (Wildman–Crippen MR) is 63.1 cm³/mol. The van der Waals surface area contributed by atoms with Crippen molar-refractivity contribution >= 4 is 40.1 Å². The van der Waals surface area contributed by atoms with Crippen LogP contribution in [0, 0.1) is 0 Å². The first-order valence-electron chi connectivity index (χ1n) is 4.70. The topological polar surface area (TPSA) is 106 Å². The van der Waals surface area contributed by atoms with E-state index in [1.165, 1.54) is 12.5 Å². The lowest BCUT2D eigenvalue weighted by Gasteiger charge is -2.02. The number of halogens is 1. The number of hydrogen-bond donors (Lipinski definition) is 3. The van der Waals surface area contributed by atoms with E-state index in [0.717, 1.165) is 0 Å². The maximum atomic E-state index is 5.94. The number of fused-ring (bicyclic) bond motifs is 1. The van der Waals surface area contributed by atoms with Crippen LogP contribution in [0.5, 0.6) is 0 Å². The van der Waals surface area contributed by atoms with Crippen molar-refractivity contribution in [3.63, 3.8) is 0 Å². The van der Waals surface area contributed by atoms with Gasteiger partial charge in [0.2, 0.25) is 5.95 Å². The molecular formula is C9H7ClN6O. The number of nitrogens with one attached hydrogen (secondary N) is 2.